The number of benzene rings is 2. The number of nitrogens with zero attached hydrogens (tertiary/aromatic N) is 6. The molecule has 0 spiro atoms. The Labute approximate surface area is 232 Å². The molecular formula is C23H15N6O2RuS3. The number of para-hydroxylation sites is 2. The minimum absolute atomic E-state index is 0. The Morgan fingerprint density at radius 3 is 1.37 bits per heavy atom. The van der Waals surface area contributed by atoms with Crippen molar-refractivity contribution in [1.29, 1.82) is 15.8 Å². The van der Waals surface area contributed by atoms with Crippen LogP contribution >= 0.6 is 0 Å². The standard InChI is InChI=1S/C20H15N3O2.3CHNS.Ru/c24-20(25)15-11-18(13-21-16-7-3-1-4-8-16)23-19(12-15)14-22-17-9-5-2-6-10-17;3*2-1-3;/h1-14H,(H,24,25);3*3H;/q;;;;+3/p-3. The van der Waals surface area contributed by atoms with Gasteiger partial charge < -0.3 is 43.0 Å². The number of carboxylic acid groups (broad SMARTS) is 1. The van der Waals surface area contributed by atoms with Crippen LogP contribution in [-0.2, 0) is 57.4 Å². The van der Waals surface area contributed by atoms with Crippen LogP contribution in [0.25, 0.3) is 0 Å². The third-order valence-corrected chi connectivity index (χ3v) is 3.32. The molecule has 1 N–H and O–H groups in total. The van der Waals surface area contributed by atoms with Crippen molar-refractivity contribution >= 4 is 67.7 Å². The van der Waals surface area contributed by atoms with Gasteiger partial charge >= 0.3 is 25.4 Å². The van der Waals surface area contributed by atoms with Crippen LogP contribution in [0.3, 0.4) is 0 Å². The molecule has 0 amide bonds. The summed E-state index contributed by atoms with van der Waals surface area (Å²) in [6.45, 7) is 0. The predicted molar refractivity (Wildman–Crippen MR) is 138 cm³/mol. The van der Waals surface area contributed by atoms with Gasteiger partial charge in [0.25, 0.3) is 0 Å². The second-order valence-electron chi connectivity index (χ2n) is 5.47. The summed E-state index contributed by atoms with van der Waals surface area (Å²) in [7, 11) is 0. The third kappa shape index (κ3) is 16.4. The monoisotopic (exact) mass is 605 g/mol. The van der Waals surface area contributed by atoms with E-state index < -0.39 is 5.97 Å². The number of aromatic carboxylic acids is 1. The minimum Gasteiger partial charge on any atom is -0.696 e. The molecule has 1 radical (unpaired) electrons. The van der Waals surface area contributed by atoms with Crippen LogP contribution in [0.15, 0.2) is 82.8 Å². The molecule has 8 nitrogen and oxygen atoms in total. The van der Waals surface area contributed by atoms with E-state index in [1.165, 1.54) is 28.3 Å². The summed E-state index contributed by atoms with van der Waals surface area (Å²) in [6.07, 6.45) is 3.09. The predicted octanol–water partition coefficient (Wildman–Crippen LogP) is 4.32. The Morgan fingerprint density at radius 1 is 0.771 bits per heavy atom. The van der Waals surface area contributed by atoms with E-state index in [-0.39, 0.29) is 25.0 Å². The zero-order valence-electron chi connectivity index (χ0n) is 17.7. The molecule has 1 aromatic heterocycles. The molecule has 0 fully saturated rings. The normalized spacial score (nSPS) is 8.60. The largest absolute Gasteiger partial charge is 3.00 e. The number of carbonyl (C=O) groups is 1. The molecule has 0 aliphatic heterocycles. The average molecular weight is 605 g/mol. The van der Waals surface area contributed by atoms with Crippen molar-refractivity contribution in [2.24, 2.45) is 9.98 Å². The van der Waals surface area contributed by atoms with Crippen molar-refractivity contribution in [2.75, 3.05) is 0 Å². The van der Waals surface area contributed by atoms with Crippen LogP contribution in [-0.4, -0.2) is 28.5 Å². The van der Waals surface area contributed by atoms with Crippen LogP contribution in [0.4, 0.5) is 11.4 Å². The second kappa shape index (κ2) is 22.0. The number of aliphatic imine (C=N–C) groups is 2. The van der Waals surface area contributed by atoms with Gasteiger partial charge in [-0.25, -0.2) is 25.6 Å². The number of hydrogen-bond acceptors (Lipinski definition) is 10. The van der Waals surface area contributed by atoms with E-state index in [9.17, 15) is 9.90 Å². The van der Waals surface area contributed by atoms with Crippen molar-refractivity contribution in [3.63, 3.8) is 0 Å². The van der Waals surface area contributed by atoms with Crippen LogP contribution in [0, 0.1) is 32.0 Å². The summed E-state index contributed by atoms with van der Waals surface area (Å²) in [5.74, 6) is -1.02. The van der Waals surface area contributed by atoms with Gasteiger partial charge in [-0.3, -0.25) is 9.98 Å². The fraction of sp³-hybridized carbons (Fsp3) is 0. The summed E-state index contributed by atoms with van der Waals surface area (Å²) in [4.78, 5) is 24.3. The molecule has 3 rings (SSSR count). The molecule has 0 aliphatic carbocycles. The maximum Gasteiger partial charge on any atom is 3.00 e. The van der Waals surface area contributed by atoms with Crippen LogP contribution in [0.5, 0.6) is 0 Å². The first-order chi connectivity index (χ1) is 16.4. The van der Waals surface area contributed by atoms with E-state index >= 15 is 0 Å². The minimum atomic E-state index is -1.02. The van der Waals surface area contributed by atoms with Crippen LogP contribution in [0.2, 0.25) is 0 Å². The van der Waals surface area contributed by atoms with Gasteiger partial charge in [0.1, 0.15) is 0 Å². The summed E-state index contributed by atoms with van der Waals surface area (Å²) in [5, 5.41) is 34.7. The summed E-state index contributed by atoms with van der Waals surface area (Å²) in [6, 6.07) is 21.7. The molecular weight excluding hydrogens is 590 g/mol. The Kier molecular flexibility index (Phi) is 20.9. The Hall–Kier alpha value is -3.85. The number of hydrogen-bond donors (Lipinski definition) is 1. The van der Waals surface area contributed by atoms with Crippen molar-refractivity contribution in [3.05, 3.63) is 89.7 Å². The summed E-state index contributed by atoms with van der Waals surface area (Å²) >= 11 is 11.1. The summed E-state index contributed by atoms with van der Waals surface area (Å²) in [5.41, 5.74) is 2.59. The van der Waals surface area contributed by atoms with E-state index in [1.54, 1.807) is 12.4 Å². The molecule has 2 aromatic carbocycles. The third-order valence-electron chi connectivity index (χ3n) is 3.32. The Bertz CT molecular complexity index is 1110. The van der Waals surface area contributed by atoms with E-state index in [0.29, 0.717) is 11.4 Å². The maximum absolute atomic E-state index is 11.3. The van der Waals surface area contributed by atoms with Gasteiger partial charge in [-0.05, 0) is 36.4 Å². The zero-order chi connectivity index (χ0) is 25.6. The molecule has 175 valence electrons. The molecule has 1 heterocycles. The number of nitriles is 3. The molecule has 0 atom stereocenters. The first kappa shape index (κ1) is 33.3. The van der Waals surface area contributed by atoms with Gasteiger partial charge in [0, 0.05) is 0 Å². The van der Waals surface area contributed by atoms with Gasteiger partial charge in [-0.15, -0.1) is 0 Å². The number of rotatable bonds is 5. The van der Waals surface area contributed by atoms with Gasteiger partial charge in [-0.1, -0.05) is 52.6 Å². The van der Waals surface area contributed by atoms with E-state index in [2.05, 4.69) is 52.9 Å². The van der Waals surface area contributed by atoms with E-state index in [4.69, 9.17) is 15.8 Å². The fourth-order valence-electron chi connectivity index (χ4n) is 2.14. The van der Waals surface area contributed by atoms with Crippen molar-refractivity contribution in [3.8, 4) is 16.2 Å². The number of carboxylic acids is 1. The molecule has 0 bridgehead atoms. The van der Waals surface area contributed by atoms with Crippen molar-refractivity contribution in [2.45, 2.75) is 0 Å². The fourth-order valence-corrected chi connectivity index (χ4v) is 2.14. The quantitative estimate of drug-likeness (QED) is 0.195. The number of aromatic nitrogens is 1. The second-order valence-corrected chi connectivity index (χ2v) is 6.02. The smallest absolute Gasteiger partial charge is 0.696 e. The van der Waals surface area contributed by atoms with Crippen molar-refractivity contribution in [1.82, 2.24) is 4.98 Å². The van der Waals surface area contributed by atoms with Gasteiger partial charge in [0.2, 0.25) is 0 Å². The van der Waals surface area contributed by atoms with Crippen LogP contribution in [0.1, 0.15) is 21.7 Å². The van der Waals surface area contributed by atoms with E-state index in [0.717, 1.165) is 11.4 Å². The molecule has 0 saturated carbocycles. The first-order valence-corrected chi connectivity index (χ1v) is 10.1. The molecule has 0 unspecified atom stereocenters. The average Bonchev–Trinajstić information content (AvgIpc) is 2.84. The first-order valence-electron chi connectivity index (χ1n) is 8.93. The zero-order valence-corrected chi connectivity index (χ0v) is 21.9. The van der Waals surface area contributed by atoms with Gasteiger partial charge in [-0.2, -0.15) is 0 Å². The van der Waals surface area contributed by atoms with E-state index in [1.807, 2.05) is 60.7 Å². The van der Waals surface area contributed by atoms with Gasteiger partial charge in [0.05, 0.1) is 40.8 Å². The number of thiocyanates is 3. The van der Waals surface area contributed by atoms with Crippen molar-refractivity contribution < 1.29 is 29.4 Å². The summed E-state index contributed by atoms with van der Waals surface area (Å²) < 4.78 is 0. The van der Waals surface area contributed by atoms with Crippen LogP contribution < -0.4 is 0 Å². The SMILES string of the molecule is N#C[S-].N#C[S-].N#C[S-].O=C(O)c1cc(C=Nc2ccccc2)nc(C=Nc2ccccc2)c1.[Ru+3]. The molecule has 0 saturated heterocycles. The molecule has 3 aromatic rings. The Morgan fingerprint density at radius 2 is 1.09 bits per heavy atom. The molecule has 35 heavy (non-hydrogen) atoms. The topological polar surface area (TPSA) is 146 Å². The molecule has 0 aliphatic rings. The Balaban J connectivity index is 0. The maximum atomic E-state index is 11.3. The molecule has 12 heteroatoms. The van der Waals surface area contributed by atoms with Gasteiger partial charge in [0.15, 0.2) is 0 Å². The number of pyridine rings is 1.